The average Bonchev–Trinajstić information content (AvgIpc) is 3.22. The van der Waals surface area contributed by atoms with Gasteiger partial charge in [0.15, 0.2) is 0 Å². The number of hydrogen-bond donors (Lipinski definition) is 2. The van der Waals surface area contributed by atoms with E-state index < -0.39 is 0 Å². The fourth-order valence-corrected chi connectivity index (χ4v) is 2.47. The summed E-state index contributed by atoms with van der Waals surface area (Å²) in [5.41, 5.74) is 3.85. The Balaban J connectivity index is 1.39. The average molecular weight is 351 g/mol. The summed E-state index contributed by atoms with van der Waals surface area (Å²) >= 11 is 0. The number of nitrogens with zero attached hydrogens (tertiary/aromatic N) is 1. The van der Waals surface area contributed by atoms with Gasteiger partial charge in [0, 0.05) is 24.8 Å². The van der Waals surface area contributed by atoms with E-state index in [2.05, 4.69) is 15.6 Å². The lowest BCUT2D eigenvalue weighted by Crippen LogP contribution is -2.36. The van der Waals surface area contributed by atoms with Crippen LogP contribution in [0.3, 0.4) is 0 Å². The first kappa shape index (κ1) is 17.5. The molecule has 6 nitrogen and oxygen atoms in total. The molecule has 26 heavy (non-hydrogen) atoms. The summed E-state index contributed by atoms with van der Waals surface area (Å²) in [6.45, 7) is 0.989. The highest BCUT2D eigenvalue weighted by Crippen LogP contribution is 2.17. The van der Waals surface area contributed by atoms with Crippen LogP contribution in [0.5, 0.6) is 5.75 Å². The molecular weight excluding hydrogens is 330 g/mol. The Morgan fingerprint density at radius 3 is 2.54 bits per heavy atom. The molecule has 0 saturated heterocycles. The molecule has 0 fully saturated rings. The van der Waals surface area contributed by atoms with Crippen molar-refractivity contribution in [1.29, 1.82) is 0 Å². The van der Waals surface area contributed by atoms with Crippen molar-refractivity contribution in [3.8, 4) is 17.0 Å². The lowest BCUT2D eigenvalue weighted by molar-refractivity contribution is 0.240. The fraction of sp³-hybridized carbons (Fsp3) is 0.200. The molecule has 0 unspecified atom stereocenters. The Kier molecular flexibility index (Phi) is 5.88. The monoisotopic (exact) mass is 351 g/mol. The van der Waals surface area contributed by atoms with Crippen molar-refractivity contribution in [3.63, 3.8) is 0 Å². The second-order valence-corrected chi connectivity index (χ2v) is 5.77. The minimum absolute atomic E-state index is 0.197. The predicted octanol–water partition coefficient (Wildman–Crippen LogP) is 3.39. The Labute approximate surface area is 152 Å². The van der Waals surface area contributed by atoms with Gasteiger partial charge in [-0.05, 0) is 41.8 Å². The van der Waals surface area contributed by atoms with Crippen LogP contribution in [-0.2, 0) is 13.0 Å². The number of amides is 2. The molecular formula is C20H21N3O3. The van der Waals surface area contributed by atoms with E-state index in [1.165, 1.54) is 0 Å². The third-order valence-corrected chi connectivity index (χ3v) is 3.95. The highest BCUT2D eigenvalue weighted by Gasteiger charge is 2.03. The summed E-state index contributed by atoms with van der Waals surface area (Å²) in [7, 11) is 1.64. The molecule has 3 aromatic rings. The first-order valence-corrected chi connectivity index (χ1v) is 8.37. The summed E-state index contributed by atoms with van der Waals surface area (Å²) in [5, 5.41) is 5.68. The van der Waals surface area contributed by atoms with Gasteiger partial charge in [-0.3, -0.25) is 4.98 Å². The number of urea groups is 1. The van der Waals surface area contributed by atoms with E-state index in [4.69, 9.17) is 9.15 Å². The molecule has 2 heterocycles. The van der Waals surface area contributed by atoms with Gasteiger partial charge in [0.25, 0.3) is 0 Å². The molecule has 0 spiro atoms. The van der Waals surface area contributed by atoms with E-state index in [1.54, 1.807) is 25.8 Å². The lowest BCUT2D eigenvalue weighted by Gasteiger charge is -2.08. The van der Waals surface area contributed by atoms with Crippen LogP contribution in [0, 0.1) is 0 Å². The number of pyridine rings is 1. The number of aromatic nitrogens is 1. The molecule has 0 bridgehead atoms. The maximum atomic E-state index is 11.9. The van der Waals surface area contributed by atoms with Crippen LogP contribution in [0.2, 0.25) is 0 Å². The number of benzene rings is 1. The van der Waals surface area contributed by atoms with Crippen LogP contribution in [0.1, 0.15) is 11.1 Å². The molecule has 1 aromatic carbocycles. The number of methoxy groups -OCH3 is 1. The summed E-state index contributed by atoms with van der Waals surface area (Å²) < 4.78 is 10.2. The quantitative estimate of drug-likeness (QED) is 0.684. The van der Waals surface area contributed by atoms with Gasteiger partial charge >= 0.3 is 6.03 Å². The Morgan fingerprint density at radius 2 is 1.88 bits per heavy atom. The molecule has 134 valence electrons. The van der Waals surface area contributed by atoms with Crippen molar-refractivity contribution < 1.29 is 13.9 Å². The van der Waals surface area contributed by atoms with E-state index in [0.717, 1.165) is 34.6 Å². The van der Waals surface area contributed by atoms with Crippen LogP contribution in [-0.4, -0.2) is 24.7 Å². The number of carbonyl (C=O) groups excluding carboxylic acids is 1. The molecule has 0 aliphatic carbocycles. The molecule has 0 radical (unpaired) electrons. The summed E-state index contributed by atoms with van der Waals surface area (Å²) in [5.74, 6) is 0.826. The van der Waals surface area contributed by atoms with E-state index >= 15 is 0 Å². The van der Waals surface area contributed by atoms with Gasteiger partial charge in [-0.1, -0.05) is 18.2 Å². The van der Waals surface area contributed by atoms with Crippen LogP contribution in [0.15, 0.2) is 65.6 Å². The van der Waals surface area contributed by atoms with Crippen molar-refractivity contribution in [2.45, 2.75) is 13.0 Å². The number of ether oxygens (including phenoxy) is 1. The van der Waals surface area contributed by atoms with Crippen LogP contribution < -0.4 is 15.4 Å². The Morgan fingerprint density at radius 1 is 1.08 bits per heavy atom. The highest BCUT2D eigenvalue weighted by atomic mass is 16.5. The predicted molar refractivity (Wildman–Crippen MR) is 98.9 cm³/mol. The molecule has 0 aliphatic heterocycles. The van der Waals surface area contributed by atoms with Gasteiger partial charge < -0.3 is 19.8 Å². The van der Waals surface area contributed by atoms with Gasteiger partial charge in [0.2, 0.25) is 0 Å². The van der Waals surface area contributed by atoms with E-state index in [-0.39, 0.29) is 6.03 Å². The standard InChI is InChI=1S/C20H21N3O3/c1-25-18-5-2-15(3-6-18)8-10-21-20(24)23-13-16-4-7-19(22-12-16)17-9-11-26-14-17/h2-7,9,11-12,14H,8,10,13H2,1H3,(H2,21,23,24). The molecule has 3 rings (SSSR count). The van der Waals surface area contributed by atoms with Gasteiger partial charge in [0.1, 0.15) is 5.75 Å². The number of hydrogen-bond acceptors (Lipinski definition) is 4. The maximum Gasteiger partial charge on any atom is 0.315 e. The molecule has 0 aliphatic rings. The van der Waals surface area contributed by atoms with E-state index in [1.807, 2.05) is 42.5 Å². The Hall–Kier alpha value is -3.28. The van der Waals surface area contributed by atoms with Gasteiger partial charge in [-0.2, -0.15) is 0 Å². The minimum Gasteiger partial charge on any atom is -0.497 e. The SMILES string of the molecule is COc1ccc(CCNC(=O)NCc2ccc(-c3ccoc3)nc2)cc1. The topological polar surface area (TPSA) is 76.4 Å². The second-order valence-electron chi connectivity index (χ2n) is 5.77. The van der Waals surface area contributed by atoms with Crippen LogP contribution >= 0.6 is 0 Å². The van der Waals surface area contributed by atoms with Crippen LogP contribution in [0.25, 0.3) is 11.3 Å². The van der Waals surface area contributed by atoms with Gasteiger partial charge in [-0.25, -0.2) is 4.79 Å². The number of nitrogens with one attached hydrogen (secondary N) is 2. The number of carbonyl (C=O) groups is 1. The van der Waals surface area contributed by atoms with Crippen molar-refractivity contribution in [2.75, 3.05) is 13.7 Å². The minimum atomic E-state index is -0.197. The number of furan rings is 1. The zero-order chi connectivity index (χ0) is 18.2. The highest BCUT2D eigenvalue weighted by molar-refractivity contribution is 5.73. The van der Waals surface area contributed by atoms with E-state index in [0.29, 0.717) is 13.1 Å². The lowest BCUT2D eigenvalue weighted by atomic mass is 10.1. The van der Waals surface area contributed by atoms with E-state index in [9.17, 15) is 4.79 Å². The fourth-order valence-electron chi connectivity index (χ4n) is 2.47. The van der Waals surface area contributed by atoms with Gasteiger partial charge in [-0.15, -0.1) is 0 Å². The van der Waals surface area contributed by atoms with Crippen molar-refractivity contribution in [2.24, 2.45) is 0 Å². The Bertz CT molecular complexity index is 813. The zero-order valence-electron chi connectivity index (χ0n) is 14.6. The van der Waals surface area contributed by atoms with Crippen molar-refractivity contribution in [1.82, 2.24) is 15.6 Å². The first-order chi connectivity index (χ1) is 12.7. The largest absolute Gasteiger partial charge is 0.497 e. The third kappa shape index (κ3) is 4.86. The zero-order valence-corrected chi connectivity index (χ0v) is 14.6. The molecule has 2 aromatic heterocycles. The molecule has 0 atom stereocenters. The molecule has 2 amide bonds. The summed E-state index contributed by atoms with van der Waals surface area (Å²) in [6, 6.07) is 13.3. The van der Waals surface area contributed by atoms with Crippen molar-refractivity contribution in [3.05, 3.63) is 72.3 Å². The summed E-state index contributed by atoms with van der Waals surface area (Å²) in [4.78, 5) is 16.3. The number of rotatable bonds is 7. The summed E-state index contributed by atoms with van der Waals surface area (Å²) in [6.07, 6.45) is 5.78. The second kappa shape index (κ2) is 8.71. The smallest absolute Gasteiger partial charge is 0.315 e. The molecule has 2 N–H and O–H groups in total. The maximum absolute atomic E-state index is 11.9. The normalized spacial score (nSPS) is 10.3. The van der Waals surface area contributed by atoms with Crippen molar-refractivity contribution >= 4 is 6.03 Å². The van der Waals surface area contributed by atoms with Gasteiger partial charge in [0.05, 0.1) is 25.3 Å². The van der Waals surface area contributed by atoms with Crippen LogP contribution in [0.4, 0.5) is 4.79 Å². The molecule has 6 heteroatoms. The molecule has 0 saturated carbocycles. The third-order valence-electron chi connectivity index (χ3n) is 3.95. The first-order valence-electron chi connectivity index (χ1n) is 8.37.